The first-order chi connectivity index (χ1) is 16.9. The largest absolute Gasteiger partial charge is 0.334 e. The molecule has 3 aromatic carbocycles. The van der Waals surface area contributed by atoms with Crippen molar-refractivity contribution in [3.05, 3.63) is 106 Å². The molecule has 7 heteroatoms. The Hall–Kier alpha value is -3.90. The number of urea groups is 1. The fraction of sp³-hybridized carbons (Fsp3) is 0.179. The van der Waals surface area contributed by atoms with Crippen molar-refractivity contribution in [1.29, 1.82) is 0 Å². The van der Waals surface area contributed by atoms with Gasteiger partial charge < -0.3 is 9.84 Å². The minimum absolute atomic E-state index is 0.234. The van der Waals surface area contributed by atoms with Crippen LogP contribution in [0.5, 0.6) is 0 Å². The van der Waals surface area contributed by atoms with Gasteiger partial charge >= 0.3 is 6.03 Å². The summed E-state index contributed by atoms with van der Waals surface area (Å²) in [5, 5.41) is 7.94. The minimum Gasteiger partial charge on any atom is -0.334 e. The third-order valence-electron chi connectivity index (χ3n) is 6.21. The van der Waals surface area contributed by atoms with Gasteiger partial charge in [0.2, 0.25) is 5.82 Å². The molecule has 1 aliphatic heterocycles. The fourth-order valence-corrected chi connectivity index (χ4v) is 4.53. The fourth-order valence-electron chi connectivity index (χ4n) is 4.34. The Labute approximate surface area is 209 Å². The van der Waals surface area contributed by atoms with Gasteiger partial charge in [0.15, 0.2) is 0 Å². The lowest BCUT2D eigenvalue weighted by molar-refractivity contribution is 0.244. The molecule has 1 unspecified atom stereocenters. The standard InChI is InChI=1S/C28H25ClN4O2/c1-4-19-7-5-10-23(15-19)33-18(3)24(25(30-28(33)34)21-8-6-9-22(29)16-21)27-31-26(32-35-27)20-13-11-17(2)12-14-20/h5-16,25H,4H2,1-3H3,(H,30,34). The summed E-state index contributed by atoms with van der Waals surface area (Å²) in [6.45, 7) is 6.02. The number of allylic oxidation sites excluding steroid dienone is 1. The molecule has 35 heavy (non-hydrogen) atoms. The van der Waals surface area contributed by atoms with Crippen LogP contribution in [0.4, 0.5) is 10.5 Å². The van der Waals surface area contributed by atoms with E-state index in [1.807, 2.05) is 80.6 Å². The summed E-state index contributed by atoms with van der Waals surface area (Å²) < 4.78 is 5.78. The van der Waals surface area contributed by atoms with Gasteiger partial charge in [-0.25, -0.2) is 4.79 Å². The molecule has 0 aliphatic carbocycles. The number of nitrogens with one attached hydrogen (secondary N) is 1. The van der Waals surface area contributed by atoms with Crippen LogP contribution < -0.4 is 10.2 Å². The highest BCUT2D eigenvalue weighted by Gasteiger charge is 2.36. The molecule has 0 bridgehead atoms. The van der Waals surface area contributed by atoms with E-state index in [1.54, 1.807) is 11.0 Å². The van der Waals surface area contributed by atoms with Crippen molar-refractivity contribution in [1.82, 2.24) is 15.5 Å². The molecule has 1 N–H and O–H groups in total. The van der Waals surface area contributed by atoms with E-state index in [0.717, 1.165) is 39.9 Å². The van der Waals surface area contributed by atoms with Gasteiger partial charge in [0, 0.05) is 16.3 Å². The lowest BCUT2D eigenvalue weighted by atomic mass is 9.94. The van der Waals surface area contributed by atoms with E-state index in [0.29, 0.717) is 22.4 Å². The van der Waals surface area contributed by atoms with E-state index in [-0.39, 0.29) is 6.03 Å². The summed E-state index contributed by atoms with van der Waals surface area (Å²) in [4.78, 5) is 19.8. The van der Waals surface area contributed by atoms with Crippen molar-refractivity contribution >= 4 is 28.9 Å². The number of halogens is 1. The summed E-state index contributed by atoms with van der Waals surface area (Å²) >= 11 is 6.29. The van der Waals surface area contributed by atoms with E-state index in [1.165, 1.54) is 0 Å². The average molecular weight is 485 g/mol. The van der Waals surface area contributed by atoms with Gasteiger partial charge in [-0.2, -0.15) is 4.98 Å². The van der Waals surface area contributed by atoms with Crippen LogP contribution in [0.1, 0.15) is 42.5 Å². The molecule has 0 radical (unpaired) electrons. The molecular weight excluding hydrogens is 460 g/mol. The topological polar surface area (TPSA) is 71.3 Å². The Balaban J connectivity index is 1.66. The Kier molecular flexibility index (Phi) is 6.14. The number of aromatic nitrogens is 2. The monoisotopic (exact) mass is 484 g/mol. The molecule has 6 nitrogen and oxygen atoms in total. The summed E-state index contributed by atoms with van der Waals surface area (Å²) in [5.74, 6) is 0.835. The van der Waals surface area contributed by atoms with E-state index in [4.69, 9.17) is 21.1 Å². The lowest BCUT2D eigenvalue weighted by Gasteiger charge is -2.35. The maximum atomic E-state index is 13.4. The van der Waals surface area contributed by atoms with Gasteiger partial charge in [0.1, 0.15) is 0 Å². The number of benzene rings is 3. The summed E-state index contributed by atoms with van der Waals surface area (Å²) in [5.41, 5.74) is 6.19. The Morgan fingerprint density at radius 3 is 2.54 bits per heavy atom. The highest BCUT2D eigenvalue weighted by atomic mass is 35.5. The van der Waals surface area contributed by atoms with Crippen molar-refractivity contribution in [2.24, 2.45) is 0 Å². The second kappa shape index (κ2) is 9.39. The zero-order valence-corrected chi connectivity index (χ0v) is 20.5. The number of hydrogen-bond acceptors (Lipinski definition) is 4. The Morgan fingerprint density at radius 2 is 1.80 bits per heavy atom. The van der Waals surface area contributed by atoms with Crippen LogP contribution in [0.15, 0.2) is 83.0 Å². The van der Waals surface area contributed by atoms with Crippen LogP contribution in [0.3, 0.4) is 0 Å². The number of carbonyl (C=O) groups is 1. The van der Waals surface area contributed by atoms with E-state index < -0.39 is 6.04 Å². The van der Waals surface area contributed by atoms with Crippen LogP contribution in [0, 0.1) is 6.92 Å². The normalized spacial score (nSPS) is 15.9. The van der Waals surface area contributed by atoms with Crippen molar-refractivity contribution in [2.45, 2.75) is 33.2 Å². The number of nitrogens with zero attached hydrogens (tertiary/aromatic N) is 3. The molecule has 1 aromatic heterocycles. The molecule has 0 saturated heterocycles. The molecule has 2 heterocycles. The quantitative estimate of drug-likeness (QED) is 0.332. The molecule has 0 saturated carbocycles. The van der Waals surface area contributed by atoms with Crippen molar-refractivity contribution in [3.8, 4) is 11.4 Å². The maximum Gasteiger partial charge on any atom is 0.326 e. The molecule has 1 atom stereocenters. The SMILES string of the molecule is CCc1cccc(N2C(=O)NC(c3cccc(Cl)c3)C(c3nc(-c4ccc(C)cc4)no3)=C2C)c1. The average Bonchev–Trinajstić information content (AvgIpc) is 3.34. The number of aryl methyl sites for hydroxylation is 2. The van der Waals surface area contributed by atoms with E-state index in [2.05, 4.69) is 17.4 Å². The van der Waals surface area contributed by atoms with Crippen molar-refractivity contribution < 1.29 is 9.32 Å². The second-order valence-corrected chi connectivity index (χ2v) is 9.02. The first kappa shape index (κ1) is 22.9. The summed E-state index contributed by atoms with van der Waals surface area (Å²) in [7, 11) is 0. The summed E-state index contributed by atoms with van der Waals surface area (Å²) in [6, 6.07) is 22.6. The van der Waals surface area contributed by atoms with E-state index in [9.17, 15) is 4.79 Å². The summed E-state index contributed by atoms with van der Waals surface area (Å²) in [6.07, 6.45) is 0.869. The minimum atomic E-state index is -0.502. The van der Waals surface area contributed by atoms with Gasteiger partial charge in [0.05, 0.1) is 17.3 Å². The number of hydrogen-bond donors (Lipinski definition) is 1. The van der Waals surface area contributed by atoms with Crippen LogP contribution in [0.25, 0.3) is 17.0 Å². The lowest BCUT2D eigenvalue weighted by Crippen LogP contribution is -2.46. The third-order valence-corrected chi connectivity index (χ3v) is 6.45. The molecule has 1 aliphatic rings. The number of amides is 2. The first-order valence-electron chi connectivity index (χ1n) is 11.5. The number of anilines is 1. The van der Waals surface area contributed by atoms with Gasteiger partial charge in [0.25, 0.3) is 5.89 Å². The molecule has 176 valence electrons. The number of carbonyl (C=O) groups excluding carboxylic acids is 1. The maximum absolute atomic E-state index is 13.4. The van der Waals surface area contributed by atoms with Crippen LogP contribution in [0.2, 0.25) is 5.02 Å². The molecule has 2 amide bonds. The van der Waals surface area contributed by atoms with Crippen LogP contribution in [-0.2, 0) is 6.42 Å². The predicted octanol–water partition coefficient (Wildman–Crippen LogP) is 6.96. The van der Waals surface area contributed by atoms with Crippen LogP contribution >= 0.6 is 11.6 Å². The zero-order chi connectivity index (χ0) is 24.5. The number of rotatable bonds is 5. The third kappa shape index (κ3) is 4.45. The highest BCUT2D eigenvalue weighted by molar-refractivity contribution is 6.30. The van der Waals surface area contributed by atoms with Crippen LogP contribution in [-0.4, -0.2) is 16.2 Å². The van der Waals surface area contributed by atoms with Crippen molar-refractivity contribution in [2.75, 3.05) is 4.90 Å². The van der Waals surface area contributed by atoms with Gasteiger partial charge in [-0.3, -0.25) is 4.90 Å². The van der Waals surface area contributed by atoms with Crippen molar-refractivity contribution in [3.63, 3.8) is 0 Å². The van der Waals surface area contributed by atoms with Gasteiger partial charge in [-0.15, -0.1) is 0 Å². The van der Waals surface area contributed by atoms with E-state index >= 15 is 0 Å². The Bertz CT molecular complexity index is 1420. The zero-order valence-electron chi connectivity index (χ0n) is 19.7. The smallest absolute Gasteiger partial charge is 0.326 e. The van der Waals surface area contributed by atoms with Gasteiger partial charge in [-0.1, -0.05) is 77.8 Å². The second-order valence-electron chi connectivity index (χ2n) is 8.58. The Morgan fingerprint density at radius 1 is 1.03 bits per heavy atom. The molecule has 0 spiro atoms. The molecule has 0 fully saturated rings. The molecule has 5 rings (SSSR count). The molecule has 4 aromatic rings. The highest BCUT2D eigenvalue weighted by Crippen LogP contribution is 2.39. The molecular formula is C28H25ClN4O2. The first-order valence-corrected chi connectivity index (χ1v) is 11.9. The predicted molar refractivity (Wildman–Crippen MR) is 138 cm³/mol. The van der Waals surface area contributed by atoms with Gasteiger partial charge in [-0.05, 0) is 55.7 Å².